The Kier molecular flexibility index (Phi) is 3.62. The zero-order valence-corrected chi connectivity index (χ0v) is 8.92. The Labute approximate surface area is 87.8 Å². The van der Waals surface area contributed by atoms with Crippen molar-refractivity contribution in [2.75, 3.05) is 6.61 Å². The molecule has 14 heavy (non-hydrogen) atoms. The predicted octanol–water partition coefficient (Wildman–Crippen LogP) is 2.82. The van der Waals surface area contributed by atoms with Crippen molar-refractivity contribution in [3.8, 4) is 0 Å². The lowest BCUT2D eigenvalue weighted by atomic mass is 10.4. The smallest absolute Gasteiger partial charge is 0.355 e. The number of nitrogens with zero attached hydrogens (tertiary/aromatic N) is 1. The van der Waals surface area contributed by atoms with Gasteiger partial charge in [0.25, 0.3) is 0 Å². The largest absolute Gasteiger partial charge is 0.461 e. The minimum Gasteiger partial charge on any atom is -0.461 e. The summed E-state index contributed by atoms with van der Waals surface area (Å²) in [5.41, 5.74) is -0.159. The number of rotatable bonds is 3. The SMILES string of the molecule is CCOC(=O)c1cc(Br)cn1C(F)F. The summed E-state index contributed by atoms with van der Waals surface area (Å²) in [4.78, 5) is 11.2. The highest BCUT2D eigenvalue weighted by Gasteiger charge is 2.18. The Morgan fingerprint density at radius 1 is 1.71 bits per heavy atom. The number of halogens is 3. The van der Waals surface area contributed by atoms with Crippen molar-refractivity contribution in [1.29, 1.82) is 0 Å². The highest BCUT2D eigenvalue weighted by molar-refractivity contribution is 9.10. The van der Waals surface area contributed by atoms with E-state index in [0.717, 1.165) is 6.20 Å². The summed E-state index contributed by atoms with van der Waals surface area (Å²) in [6.07, 6.45) is 1.14. The molecule has 0 saturated heterocycles. The van der Waals surface area contributed by atoms with Crippen LogP contribution in [0.1, 0.15) is 24.0 Å². The van der Waals surface area contributed by atoms with E-state index >= 15 is 0 Å². The summed E-state index contributed by atoms with van der Waals surface area (Å²) in [6.45, 7) is -0.978. The molecular weight excluding hydrogens is 260 g/mol. The second-order valence-corrected chi connectivity index (χ2v) is 3.36. The van der Waals surface area contributed by atoms with Crippen LogP contribution >= 0.6 is 15.9 Å². The highest BCUT2D eigenvalue weighted by Crippen LogP contribution is 2.21. The molecule has 1 aromatic heterocycles. The van der Waals surface area contributed by atoms with E-state index in [1.54, 1.807) is 6.92 Å². The summed E-state index contributed by atoms with van der Waals surface area (Å²) in [5, 5.41) is 0. The number of carbonyl (C=O) groups is 1. The van der Waals surface area contributed by atoms with Crippen molar-refractivity contribution in [1.82, 2.24) is 4.57 Å². The summed E-state index contributed by atoms with van der Waals surface area (Å²) in [5.74, 6) is -0.751. The number of esters is 1. The number of ether oxygens (including phenoxy) is 1. The lowest BCUT2D eigenvalue weighted by molar-refractivity contribution is 0.0414. The van der Waals surface area contributed by atoms with Crippen molar-refractivity contribution in [2.45, 2.75) is 13.5 Å². The standard InChI is InChI=1S/C8H8BrF2NO2/c1-2-14-7(13)6-3-5(9)4-12(6)8(10)11/h3-4,8H,2H2,1H3. The molecule has 0 atom stereocenters. The van der Waals surface area contributed by atoms with Gasteiger partial charge in [0, 0.05) is 10.7 Å². The molecule has 0 aliphatic carbocycles. The van der Waals surface area contributed by atoms with Crippen LogP contribution in [0.15, 0.2) is 16.7 Å². The van der Waals surface area contributed by atoms with Crippen molar-refractivity contribution >= 4 is 21.9 Å². The molecule has 1 heterocycles. The molecule has 0 radical (unpaired) electrons. The predicted molar refractivity (Wildman–Crippen MR) is 49.3 cm³/mol. The summed E-state index contributed by atoms with van der Waals surface area (Å²) >= 11 is 3.01. The average molecular weight is 268 g/mol. The topological polar surface area (TPSA) is 31.2 Å². The van der Waals surface area contributed by atoms with E-state index in [0.29, 0.717) is 9.04 Å². The number of aromatic nitrogens is 1. The minimum atomic E-state index is -2.75. The van der Waals surface area contributed by atoms with Crippen LogP contribution in [0.4, 0.5) is 8.78 Å². The number of hydrogen-bond acceptors (Lipinski definition) is 2. The van der Waals surface area contributed by atoms with Crippen LogP contribution in [0.3, 0.4) is 0 Å². The van der Waals surface area contributed by atoms with Crippen LogP contribution in [0.2, 0.25) is 0 Å². The van der Waals surface area contributed by atoms with Gasteiger partial charge in [-0.3, -0.25) is 4.57 Å². The normalized spacial score (nSPS) is 10.6. The Bertz CT molecular complexity index is 338. The van der Waals surface area contributed by atoms with Gasteiger partial charge in [0.15, 0.2) is 0 Å². The molecule has 6 heteroatoms. The number of alkyl halides is 2. The first-order chi connectivity index (χ1) is 6.56. The third-order valence-corrected chi connectivity index (χ3v) is 1.94. The van der Waals surface area contributed by atoms with Crippen LogP contribution in [0.25, 0.3) is 0 Å². The van der Waals surface area contributed by atoms with Gasteiger partial charge >= 0.3 is 12.5 Å². The van der Waals surface area contributed by atoms with Crippen LogP contribution in [0, 0.1) is 0 Å². The van der Waals surface area contributed by atoms with E-state index in [1.165, 1.54) is 6.07 Å². The maximum atomic E-state index is 12.4. The molecule has 0 fully saturated rings. The highest BCUT2D eigenvalue weighted by atomic mass is 79.9. The Morgan fingerprint density at radius 2 is 2.36 bits per heavy atom. The molecule has 1 rings (SSSR count). The molecule has 0 amide bonds. The van der Waals surface area contributed by atoms with E-state index in [2.05, 4.69) is 20.7 Å². The van der Waals surface area contributed by atoms with Crippen LogP contribution in [0.5, 0.6) is 0 Å². The zero-order chi connectivity index (χ0) is 10.7. The molecule has 3 nitrogen and oxygen atoms in total. The molecule has 0 unspecified atom stereocenters. The molecule has 1 aromatic rings. The van der Waals surface area contributed by atoms with Crippen LogP contribution < -0.4 is 0 Å². The first-order valence-corrected chi connectivity index (χ1v) is 4.68. The van der Waals surface area contributed by atoms with Gasteiger partial charge in [-0.25, -0.2) is 4.79 Å². The van der Waals surface area contributed by atoms with Crippen molar-refractivity contribution in [2.24, 2.45) is 0 Å². The zero-order valence-electron chi connectivity index (χ0n) is 7.34. The third-order valence-electron chi connectivity index (χ3n) is 1.51. The van der Waals surface area contributed by atoms with E-state index in [4.69, 9.17) is 0 Å². The molecule has 0 saturated carbocycles. The fraction of sp³-hybridized carbons (Fsp3) is 0.375. The second-order valence-electron chi connectivity index (χ2n) is 2.45. The maximum absolute atomic E-state index is 12.4. The Balaban J connectivity index is 3.00. The molecule has 78 valence electrons. The Morgan fingerprint density at radius 3 is 2.86 bits per heavy atom. The first-order valence-electron chi connectivity index (χ1n) is 3.89. The third kappa shape index (κ3) is 2.31. The molecule has 0 aliphatic rings. The van der Waals surface area contributed by atoms with Gasteiger partial charge in [0.1, 0.15) is 5.69 Å². The molecule has 0 bridgehead atoms. The Hall–Kier alpha value is -0.910. The monoisotopic (exact) mass is 267 g/mol. The van der Waals surface area contributed by atoms with Gasteiger partial charge in [-0.05, 0) is 28.9 Å². The molecule has 0 aliphatic heterocycles. The summed E-state index contributed by atoms with van der Waals surface area (Å²) in [6, 6.07) is 1.30. The molecule has 0 aromatic carbocycles. The van der Waals surface area contributed by atoms with Crippen LogP contribution in [-0.2, 0) is 4.74 Å². The minimum absolute atomic E-state index is 0.158. The van der Waals surface area contributed by atoms with Gasteiger partial charge < -0.3 is 4.74 Å². The van der Waals surface area contributed by atoms with Crippen molar-refractivity contribution in [3.63, 3.8) is 0 Å². The fourth-order valence-corrected chi connectivity index (χ4v) is 1.41. The van der Waals surface area contributed by atoms with E-state index in [1.807, 2.05) is 0 Å². The second kappa shape index (κ2) is 4.54. The van der Waals surface area contributed by atoms with Gasteiger partial charge in [-0.2, -0.15) is 8.78 Å². The number of hydrogen-bond donors (Lipinski definition) is 0. The van der Waals surface area contributed by atoms with Gasteiger partial charge in [0.2, 0.25) is 0 Å². The lowest BCUT2D eigenvalue weighted by Gasteiger charge is -2.06. The van der Waals surface area contributed by atoms with Gasteiger partial charge in [-0.1, -0.05) is 0 Å². The fourth-order valence-electron chi connectivity index (χ4n) is 0.976. The lowest BCUT2D eigenvalue weighted by Crippen LogP contribution is -2.11. The summed E-state index contributed by atoms with van der Waals surface area (Å²) in [7, 11) is 0. The summed E-state index contributed by atoms with van der Waals surface area (Å²) < 4.78 is 30.3. The molecule has 0 N–H and O–H groups in total. The van der Waals surface area contributed by atoms with Gasteiger partial charge in [0.05, 0.1) is 6.61 Å². The van der Waals surface area contributed by atoms with E-state index in [-0.39, 0.29) is 12.3 Å². The van der Waals surface area contributed by atoms with Gasteiger partial charge in [-0.15, -0.1) is 0 Å². The molecule has 0 spiro atoms. The average Bonchev–Trinajstić information content (AvgIpc) is 2.48. The van der Waals surface area contributed by atoms with Crippen molar-refractivity contribution in [3.05, 3.63) is 22.4 Å². The van der Waals surface area contributed by atoms with E-state index < -0.39 is 12.5 Å². The maximum Gasteiger partial charge on any atom is 0.355 e. The van der Waals surface area contributed by atoms with Crippen LogP contribution in [-0.4, -0.2) is 17.1 Å². The quantitative estimate of drug-likeness (QED) is 0.789. The molecular formula is C8H8BrF2NO2. The first kappa shape index (κ1) is 11.2. The van der Waals surface area contributed by atoms with E-state index in [9.17, 15) is 13.6 Å². The number of carbonyl (C=O) groups excluding carboxylic acids is 1. The van der Waals surface area contributed by atoms with Crippen molar-refractivity contribution < 1.29 is 18.3 Å².